The first-order valence-corrected chi connectivity index (χ1v) is 10.9. The second-order valence-corrected chi connectivity index (χ2v) is 7.35. The second-order valence-electron chi connectivity index (χ2n) is 7.35. The molecule has 0 bridgehead atoms. The summed E-state index contributed by atoms with van der Waals surface area (Å²) in [5.74, 6) is 0.876. The van der Waals surface area contributed by atoms with Gasteiger partial charge in [0.2, 0.25) is 0 Å². The molecule has 4 heteroatoms. The molecule has 4 nitrogen and oxygen atoms in total. The highest BCUT2D eigenvalue weighted by Crippen LogP contribution is 2.23. The maximum atomic E-state index is 6.95. The van der Waals surface area contributed by atoms with Gasteiger partial charge in [-0.1, -0.05) is 76.8 Å². The van der Waals surface area contributed by atoms with Gasteiger partial charge in [-0.2, -0.15) is 10.2 Å². The Bertz CT molecular complexity index is 745. The Hall–Kier alpha value is -2.67. The minimum absolute atomic E-state index is 0.605. The van der Waals surface area contributed by atoms with Crippen molar-refractivity contribution >= 4 is 17.1 Å². The molecule has 2 rings (SSSR count). The predicted molar refractivity (Wildman–Crippen MR) is 121 cm³/mol. The lowest BCUT2D eigenvalue weighted by Crippen LogP contribution is -1.96. The van der Waals surface area contributed by atoms with Crippen LogP contribution in [0, 0.1) is 6.57 Å². The van der Waals surface area contributed by atoms with Crippen molar-refractivity contribution in [2.75, 3.05) is 6.61 Å². The zero-order valence-electron chi connectivity index (χ0n) is 17.6. The van der Waals surface area contributed by atoms with Crippen molar-refractivity contribution in [3.05, 3.63) is 59.9 Å². The minimum Gasteiger partial charge on any atom is -0.494 e. The summed E-state index contributed by atoms with van der Waals surface area (Å²) in [5, 5.41) is 8.42. The Morgan fingerprint density at radius 2 is 1.17 bits per heavy atom. The number of hydrogen-bond acceptors (Lipinski definition) is 3. The highest BCUT2D eigenvalue weighted by molar-refractivity contribution is 5.51. The van der Waals surface area contributed by atoms with Gasteiger partial charge in [-0.3, -0.25) is 0 Å². The van der Waals surface area contributed by atoms with Crippen LogP contribution in [0.4, 0.5) is 17.1 Å². The number of azo groups is 1. The van der Waals surface area contributed by atoms with E-state index in [0.29, 0.717) is 5.69 Å². The smallest absolute Gasteiger partial charge is 0.187 e. The molecule has 0 aliphatic rings. The van der Waals surface area contributed by atoms with E-state index in [-0.39, 0.29) is 0 Å². The molecule has 0 atom stereocenters. The Kier molecular flexibility index (Phi) is 11.2. The molecular weight excluding hydrogens is 358 g/mol. The molecule has 0 aromatic heterocycles. The van der Waals surface area contributed by atoms with E-state index in [1.165, 1.54) is 57.8 Å². The van der Waals surface area contributed by atoms with E-state index >= 15 is 0 Å². The molecule has 0 amide bonds. The highest BCUT2D eigenvalue weighted by Gasteiger charge is 1.97. The highest BCUT2D eigenvalue weighted by atomic mass is 16.5. The molecule has 0 saturated heterocycles. The summed E-state index contributed by atoms with van der Waals surface area (Å²) in [4.78, 5) is 3.36. The number of hydrogen-bond donors (Lipinski definition) is 0. The summed E-state index contributed by atoms with van der Waals surface area (Å²) in [5.41, 5.74) is 2.12. The summed E-state index contributed by atoms with van der Waals surface area (Å²) in [6.07, 6.45) is 13.3. The van der Waals surface area contributed by atoms with Gasteiger partial charge in [0, 0.05) is 0 Å². The summed E-state index contributed by atoms with van der Waals surface area (Å²) in [6, 6.07) is 14.8. The maximum absolute atomic E-state index is 6.95. The van der Waals surface area contributed by atoms with Crippen molar-refractivity contribution < 1.29 is 4.74 Å². The van der Waals surface area contributed by atoms with E-state index in [2.05, 4.69) is 22.0 Å². The Morgan fingerprint density at radius 1 is 0.690 bits per heavy atom. The summed E-state index contributed by atoms with van der Waals surface area (Å²) in [6.45, 7) is 9.99. The van der Waals surface area contributed by atoms with E-state index in [0.717, 1.165) is 30.2 Å². The van der Waals surface area contributed by atoms with Crippen molar-refractivity contribution in [2.45, 2.75) is 71.1 Å². The van der Waals surface area contributed by atoms with Gasteiger partial charge in [0.15, 0.2) is 5.69 Å². The number of rotatable bonds is 14. The van der Waals surface area contributed by atoms with E-state index < -0.39 is 0 Å². The molecule has 29 heavy (non-hydrogen) atoms. The van der Waals surface area contributed by atoms with Crippen molar-refractivity contribution in [3.63, 3.8) is 0 Å². The number of benzene rings is 2. The van der Waals surface area contributed by atoms with Crippen LogP contribution in [0.2, 0.25) is 0 Å². The third-order valence-electron chi connectivity index (χ3n) is 4.86. The fraction of sp³-hybridized carbons (Fsp3) is 0.480. The molecule has 0 aliphatic heterocycles. The molecular formula is C25H33N3O. The van der Waals surface area contributed by atoms with Gasteiger partial charge < -0.3 is 4.74 Å². The Labute approximate surface area is 175 Å². The Balaban J connectivity index is 1.57. The summed E-state index contributed by atoms with van der Waals surface area (Å²) in [7, 11) is 0. The molecule has 0 aliphatic carbocycles. The molecule has 0 saturated carbocycles. The molecule has 0 heterocycles. The first-order chi connectivity index (χ1) is 14.3. The molecule has 2 aromatic carbocycles. The van der Waals surface area contributed by atoms with Crippen LogP contribution in [0.15, 0.2) is 58.8 Å². The standard InChI is InChI=1S/C25H33N3O/c1-3-4-5-6-7-8-9-10-11-12-21-29-25-19-17-24(18-20-25)28-27-23-15-13-22(26-2)14-16-23/h13-20H,3-12,21H2,1H3. The molecule has 0 radical (unpaired) electrons. The minimum atomic E-state index is 0.605. The van der Waals surface area contributed by atoms with Gasteiger partial charge in [0.05, 0.1) is 24.6 Å². The van der Waals surface area contributed by atoms with E-state index in [4.69, 9.17) is 11.3 Å². The fourth-order valence-electron chi connectivity index (χ4n) is 3.10. The molecule has 2 aromatic rings. The SMILES string of the molecule is [C-]#[N+]c1ccc(N=Nc2ccc(OCCCCCCCCCCCC)cc2)cc1. The first kappa shape index (κ1) is 22.6. The van der Waals surface area contributed by atoms with Crippen LogP contribution in [0.5, 0.6) is 5.75 Å². The van der Waals surface area contributed by atoms with Crippen LogP contribution in [0.25, 0.3) is 4.85 Å². The van der Waals surface area contributed by atoms with Gasteiger partial charge in [-0.25, -0.2) is 4.85 Å². The van der Waals surface area contributed by atoms with Crippen LogP contribution in [-0.4, -0.2) is 6.61 Å². The molecule has 0 spiro atoms. The quantitative estimate of drug-likeness (QED) is 0.180. The largest absolute Gasteiger partial charge is 0.494 e. The van der Waals surface area contributed by atoms with E-state index in [1.807, 2.05) is 24.3 Å². The van der Waals surface area contributed by atoms with Gasteiger partial charge in [0.1, 0.15) is 5.75 Å². The lowest BCUT2D eigenvalue weighted by molar-refractivity contribution is 0.304. The maximum Gasteiger partial charge on any atom is 0.187 e. The molecule has 0 N–H and O–H groups in total. The third-order valence-corrected chi connectivity index (χ3v) is 4.86. The fourth-order valence-corrected chi connectivity index (χ4v) is 3.10. The number of nitrogens with zero attached hydrogens (tertiary/aromatic N) is 3. The first-order valence-electron chi connectivity index (χ1n) is 10.9. The molecule has 154 valence electrons. The van der Waals surface area contributed by atoms with Crippen LogP contribution in [0.3, 0.4) is 0 Å². The second kappa shape index (κ2) is 14.3. The van der Waals surface area contributed by atoms with Crippen molar-refractivity contribution in [1.29, 1.82) is 0 Å². The third kappa shape index (κ3) is 9.89. The zero-order chi connectivity index (χ0) is 20.6. The zero-order valence-corrected chi connectivity index (χ0v) is 17.6. The van der Waals surface area contributed by atoms with Gasteiger partial charge >= 0.3 is 0 Å². The predicted octanol–water partition coefficient (Wildman–Crippen LogP) is 8.95. The van der Waals surface area contributed by atoms with Crippen molar-refractivity contribution in [1.82, 2.24) is 0 Å². The van der Waals surface area contributed by atoms with Crippen LogP contribution >= 0.6 is 0 Å². The van der Waals surface area contributed by atoms with Crippen LogP contribution < -0.4 is 4.74 Å². The van der Waals surface area contributed by atoms with Crippen LogP contribution in [0.1, 0.15) is 71.1 Å². The van der Waals surface area contributed by atoms with Crippen molar-refractivity contribution in [3.8, 4) is 5.75 Å². The Morgan fingerprint density at radius 3 is 1.69 bits per heavy atom. The lowest BCUT2D eigenvalue weighted by Gasteiger charge is -2.06. The van der Waals surface area contributed by atoms with Crippen LogP contribution in [-0.2, 0) is 0 Å². The number of ether oxygens (including phenoxy) is 1. The molecule has 0 unspecified atom stereocenters. The average molecular weight is 392 g/mol. The normalized spacial score (nSPS) is 10.9. The van der Waals surface area contributed by atoms with Gasteiger partial charge in [-0.15, -0.1) is 0 Å². The van der Waals surface area contributed by atoms with E-state index in [1.54, 1.807) is 24.3 Å². The van der Waals surface area contributed by atoms with Gasteiger partial charge in [-0.05, 0) is 42.8 Å². The average Bonchev–Trinajstić information content (AvgIpc) is 2.77. The topological polar surface area (TPSA) is 38.3 Å². The number of unbranched alkanes of at least 4 members (excludes halogenated alkanes) is 9. The van der Waals surface area contributed by atoms with Gasteiger partial charge in [0.25, 0.3) is 0 Å². The summed E-state index contributed by atoms with van der Waals surface area (Å²) < 4.78 is 5.82. The van der Waals surface area contributed by atoms with Crippen molar-refractivity contribution in [2.24, 2.45) is 10.2 Å². The monoisotopic (exact) mass is 391 g/mol. The lowest BCUT2D eigenvalue weighted by atomic mass is 10.1. The summed E-state index contributed by atoms with van der Waals surface area (Å²) >= 11 is 0. The van der Waals surface area contributed by atoms with E-state index in [9.17, 15) is 0 Å². The molecule has 0 fully saturated rings.